The minimum Gasteiger partial charge on any atom is -0.480 e. The van der Waals surface area contributed by atoms with Gasteiger partial charge < -0.3 is 40.2 Å². The Hall–Kier alpha value is -2.45. The van der Waals surface area contributed by atoms with Crippen LogP contribution in [-0.2, 0) is 38.2 Å². The predicted octanol–water partition coefficient (Wildman–Crippen LogP) is -2.86. The van der Waals surface area contributed by atoms with Crippen LogP contribution in [0.3, 0.4) is 0 Å². The molecule has 18 heteroatoms. The Balaban J connectivity index is 2.44. The van der Waals surface area contributed by atoms with Crippen LogP contribution < -0.4 is 10.6 Å². The Bertz CT molecular complexity index is 840. The van der Waals surface area contributed by atoms with Gasteiger partial charge in [0.05, 0.1) is 71.2 Å². The number of alkyl halides is 1. The molecule has 0 aromatic carbocycles. The second-order valence-electron chi connectivity index (χ2n) is 9.96. The summed E-state index contributed by atoms with van der Waals surface area (Å²) in [6.07, 6.45) is 0. The molecule has 0 bridgehead atoms. The molecule has 1 heterocycles. The second-order valence-corrected chi connectivity index (χ2v) is 10.5. The Labute approximate surface area is 265 Å². The molecule has 1 aliphatic rings. The van der Waals surface area contributed by atoms with Gasteiger partial charge in [-0.05, 0) is 0 Å². The smallest absolute Gasteiger partial charge is 0.317 e. The lowest BCUT2D eigenvalue weighted by molar-refractivity contribution is -0.140. The van der Waals surface area contributed by atoms with E-state index < -0.39 is 17.9 Å². The molecule has 2 amide bonds. The summed E-state index contributed by atoms with van der Waals surface area (Å²) in [6, 6.07) is 0. The maximum atomic E-state index is 12.6. The highest BCUT2D eigenvalue weighted by Crippen LogP contribution is 2.01. The minimum absolute atomic E-state index is 0.0376. The van der Waals surface area contributed by atoms with Gasteiger partial charge in [0.2, 0.25) is 11.8 Å². The maximum absolute atomic E-state index is 12.6. The summed E-state index contributed by atoms with van der Waals surface area (Å²) in [7, 11) is 0. The summed E-state index contributed by atoms with van der Waals surface area (Å²) >= 11 is 3.06. The standard InChI is InChI=1S/C26H47BrN6O11/c27-17-22(34)28-1-11-42-13-15-44-16-14-43-12-2-29-23(35)18-30-3-5-31(19-24(36)37)7-9-33(21-26(40)41)10-8-32(6-4-30)20-25(38)39/h1-21H2,(H,28,34)(H,29,35)(H,36,37)(H,38,39)(H,40,41). The molecule has 0 aliphatic carbocycles. The Morgan fingerprint density at radius 2 is 0.795 bits per heavy atom. The van der Waals surface area contributed by atoms with Crippen LogP contribution in [0.5, 0.6) is 0 Å². The van der Waals surface area contributed by atoms with Crippen molar-refractivity contribution in [2.45, 2.75) is 0 Å². The first kappa shape index (κ1) is 39.6. The fourth-order valence-corrected chi connectivity index (χ4v) is 4.36. The summed E-state index contributed by atoms with van der Waals surface area (Å²) in [4.78, 5) is 64.7. The number of nitrogens with one attached hydrogen (secondary N) is 2. The van der Waals surface area contributed by atoms with Crippen molar-refractivity contribution in [1.82, 2.24) is 30.2 Å². The van der Waals surface area contributed by atoms with Crippen molar-refractivity contribution in [3.8, 4) is 0 Å². The van der Waals surface area contributed by atoms with E-state index in [4.69, 9.17) is 14.2 Å². The number of carbonyl (C=O) groups excluding carboxylic acids is 2. The number of carboxylic acids is 3. The van der Waals surface area contributed by atoms with Crippen molar-refractivity contribution in [3.05, 3.63) is 0 Å². The SMILES string of the molecule is O=C(O)CN1CCN(CC(=O)O)CCN(CC(=O)NCCOCCOCCOCCNC(=O)CBr)CCN(CC(=O)O)CC1. The normalized spacial score (nSPS) is 16.5. The molecule has 1 fully saturated rings. The van der Waals surface area contributed by atoms with Crippen LogP contribution >= 0.6 is 15.9 Å². The summed E-state index contributed by atoms with van der Waals surface area (Å²) < 4.78 is 16.2. The van der Waals surface area contributed by atoms with Gasteiger partial charge in [0.15, 0.2) is 0 Å². The Morgan fingerprint density at radius 1 is 0.500 bits per heavy atom. The third-order valence-electron chi connectivity index (χ3n) is 6.38. The molecule has 1 aliphatic heterocycles. The summed E-state index contributed by atoms with van der Waals surface area (Å²) in [5, 5.41) is 33.6. The largest absolute Gasteiger partial charge is 0.480 e. The molecule has 5 N–H and O–H groups in total. The van der Waals surface area contributed by atoms with E-state index in [1.807, 2.05) is 4.90 Å². The quantitative estimate of drug-likeness (QED) is 0.0603. The molecule has 0 saturated carbocycles. The molecule has 44 heavy (non-hydrogen) atoms. The van der Waals surface area contributed by atoms with Crippen LogP contribution in [0.15, 0.2) is 0 Å². The summed E-state index contributed by atoms with van der Waals surface area (Å²) in [6.45, 7) is 4.84. The van der Waals surface area contributed by atoms with Crippen LogP contribution in [0.4, 0.5) is 0 Å². The van der Waals surface area contributed by atoms with Gasteiger partial charge in [-0.15, -0.1) is 0 Å². The van der Waals surface area contributed by atoms with Gasteiger partial charge in [0.1, 0.15) is 0 Å². The highest BCUT2D eigenvalue weighted by Gasteiger charge is 2.21. The monoisotopic (exact) mass is 698 g/mol. The molecular weight excluding hydrogens is 652 g/mol. The van der Waals surface area contributed by atoms with E-state index in [0.717, 1.165) is 0 Å². The first-order valence-corrected chi connectivity index (χ1v) is 15.6. The lowest BCUT2D eigenvalue weighted by Gasteiger charge is -2.32. The van der Waals surface area contributed by atoms with E-state index in [-0.39, 0.29) is 56.5 Å². The molecule has 1 rings (SSSR count). The maximum Gasteiger partial charge on any atom is 0.317 e. The van der Waals surface area contributed by atoms with E-state index in [1.165, 1.54) is 0 Å². The predicted molar refractivity (Wildman–Crippen MR) is 161 cm³/mol. The van der Waals surface area contributed by atoms with Crippen molar-refractivity contribution < 1.29 is 53.5 Å². The average molecular weight is 700 g/mol. The molecule has 0 atom stereocenters. The van der Waals surface area contributed by atoms with Crippen molar-refractivity contribution >= 4 is 45.7 Å². The summed E-state index contributed by atoms with van der Waals surface area (Å²) in [5.41, 5.74) is 0. The van der Waals surface area contributed by atoms with Crippen molar-refractivity contribution in [2.24, 2.45) is 0 Å². The third kappa shape index (κ3) is 22.1. The highest BCUT2D eigenvalue weighted by atomic mass is 79.9. The van der Waals surface area contributed by atoms with Crippen molar-refractivity contribution in [2.75, 3.05) is 137 Å². The first-order valence-electron chi connectivity index (χ1n) is 14.5. The number of rotatable bonds is 21. The minimum atomic E-state index is -1.02. The van der Waals surface area contributed by atoms with Crippen LogP contribution in [0, 0.1) is 0 Å². The fourth-order valence-electron chi connectivity index (χ4n) is 4.16. The molecule has 0 aromatic heterocycles. The van der Waals surface area contributed by atoms with E-state index in [2.05, 4.69) is 26.6 Å². The van der Waals surface area contributed by atoms with Gasteiger partial charge in [-0.25, -0.2) is 0 Å². The number of amides is 2. The van der Waals surface area contributed by atoms with Gasteiger partial charge >= 0.3 is 17.9 Å². The first-order chi connectivity index (χ1) is 21.1. The van der Waals surface area contributed by atoms with Gasteiger partial charge in [0.25, 0.3) is 0 Å². The lowest BCUT2D eigenvalue weighted by Crippen LogP contribution is -2.50. The number of halogens is 1. The van der Waals surface area contributed by atoms with Crippen LogP contribution in [0.1, 0.15) is 0 Å². The molecule has 0 unspecified atom stereocenters. The highest BCUT2D eigenvalue weighted by molar-refractivity contribution is 9.09. The number of carbonyl (C=O) groups is 5. The van der Waals surface area contributed by atoms with Crippen molar-refractivity contribution in [3.63, 3.8) is 0 Å². The van der Waals surface area contributed by atoms with Gasteiger partial charge in [-0.3, -0.25) is 43.6 Å². The molecule has 0 spiro atoms. The van der Waals surface area contributed by atoms with Gasteiger partial charge in [-0.1, -0.05) is 15.9 Å². The zero-order valence-electron chi connectivity index (χ0n) is 25.1. The molecule has 0 radical (unpaired) electrons. The Kier molecular flexibility index (Phi) is 22.3. The van der Waals surface area contributed by atoms with E-state index >= 15 is 0 Å². The third-order valence-corrected chi connectivity index (χ3v) is 6.89. The fraction of sp³-hybridized carbons (Fsp3) is 0.808. The molecular formula is C26H47BrN6O11. The zero-order chi connectivity index (χ0) is 32.6. The zero-order valence-corrected chi connectivity index (χ0v) is 26.7. The van der Waals surface area contributed by atoms with Crippen molar-refractivity contribution in [1.29, 1.82) is 0 Å². The van der Waals surface area contributed by atoms with Gasteiger partial charge in [0, 0.05) is 65.4 Å². The van der Waals surface area contributed by atoms with Gasteiger partial charge in [-0.2, -0.15) is 0 Å². The number of hydrogen-bond donors (Lipinski definition) is 5. The second kappa shape index (κ2) is 24.8. The molecule has 254 valence electrons. The number of aliphatic carboxylic acids is 3. The van der Waals surface area contributed by atoms with E-state index in [1.54, 1.807) is 14.7 Å². The van der Waals surface area contributed by atoms with E-state index in [9.17, 15) is 39.3 Å². The average Bonchev–Trinajstić information content (AvgIpc) is 2.95. The number of hydrogen-bond acceptors (Lipinski definition) is 12. The van der Waals surface area contributed by atoms with Crippen LogP contribution in [0.2, 0.25) is 0 Å². The van der Waals surface area contributed by atoms with Crippen LogP contribution in [0.25, 0.3) is 0 Å². The molecule has 1 saturated heterocycles. The van der Waals surface area contributed by atoms with E-state index in [0.29, 0.717) is 91.9 Å². The Morgan fingerprint density at radius 3 is 1.11 bits per heavy atom. The number of carboxylic acid groups (broad SMARTS) is 3. The molecule has 0 aromatic rings. The lowest BCUT2D eigenvalue weighted by atomic mass is 10.3. The summed E-state index contributed by atoms with van der Waals surface area (Å²) in [5.74, 6) is -3.39. The van der Waals surface area contributed by atoms with Crippen LogP contribution in [-0.4, -0.2) is 201 Å². The topological polar surface area (TPSA) is 211 Å². The molecule has 17 nitrogen and oxygen atoms in total. The number of ether oxygens (including phenoxy) is 3. The number of nitrogens with zero attached hydrogens (tertiary/aromatic N) is 4.